The van der Waals surface area contributed by atoms with Crippen molar-refractivity contribution in [3.63, 3.8) is 0 Å². The second-order valence-electron chi connectivity index (χ2n) is 4.52. The molecule has 0 saturated heterocycles. The molecule has 0 spiro atoms. The number of hydrogen-bond acceptors (Lipinski definition) is 6. The molecule has 0 aliphatic carbocycles. The molecule has 0 unspecified atom stereocenters. The van der Waals surface area contributed by atoms with E-state index in [4.69, 9.17) is 5.73 Å². The molecule has 0 radical (unpaired) electrons. The largest absolute Gasteiger partial charge is 0.381 e. The molecule has 0 aromatic carbocycles. The maximum atomic E-state index is 12.0. The first-order chi connectivity index (χ1) is 9.15. The van der Waals surface area contributed by atoms with E-state index in [0.717, 1.165) is 12.7 Å². The van der Waals surface area contributed by atoms with Crippen LogP contribution in [0.15, 0.2) is 11.1 Å². The van der Waals surface area contributed by atoms with Crippen LogP contribution in [0.5, 0.6) is 0 Å². The van der Waals surface area contributed by atoms with Gasteiger partial charge in [0, 0.05) is 25.5 Å². The molecule has 10 heteroatoms. The zero-order valence-corrected chi connectivity index (χ0v) is 13.2. The standard InChI is InChI=1S/C10H20N4O4S2/c1-3-6-14-8-9(10(11)13-14)20(17,18)12-5-4-7-19(2,15)16/h8,12H,3-7H2,1-2H3,(H2,11,13). The Bertz CT molecular complexity index is 649. The summed E-state index contributed by atoms with van der Waals surface area (Å²) < 4.78 is 49.7. The van der Waals surface area contributed by atoms with Gasteiger partial charge >= 0.3 is 0 Å². The number of nitrogens with zero attached hydrogens (tertiary/aromatic N) is 2. The number of sulfonamides is 1. The molecule has 0 atom stereocenters. The minimum atomic E-state index is -3.76. The summed E-state index contributed by atoms with van der Waals surface area (Å²) in [5.74, 6) is -0.130. The van der Waals surface area contributed by atoms with E-state index in [2.05, 4.69) is 9.82 Å². The fourth-order valence-corrected chi connectivity index (χ4v) is 3.40. The van der Waals surface area contributed by atoms with Crippen molar-refractivity contribution in [3.8, 4) is 0 Å². The van der Waals surface area contributed by atoms with Crippen molar-refractivity contribution < 1.29 is 16.8 Å². The molecule has 1 heterocycles. The SMILES string of the molecule is CCCn1cc(S(=O)(=O)NCCCS(C)(=O)=O)c(N)n1. The summed E-state index contributed by atoms with van der Waals surface area (Å²) >= 11 is 0. The Kier molecular flexibility index (Phi) is 5.54. The smallest absolute Gasteiger partial charge is 0.245 e. The molecule has 8 nitrogen and oxygen atoms in total. The van der Waals surface area contributed by atoms with Crippen LogP contribution in [0.1, 0.15) is 19.8 Å². The van der Waals surface area contributed by atoms with Gasteiger partial charge in [-0.3, -0.25) is 4.68 Å². The van der Waals surface area contributed by atoms with E-state index >= 15 is 0 Å². The Hall–Kier alpha value is -1.13. The lowest BCUT2D eigenvalue weighted by Gasteiger charge is -2.04. The first-order valence-electron chi connectivity index (χ1n) is 6.16. The third-order valence-electron chi connectivity index (χ3n) is 2.48. The molecule has 116 valence electrons. The fraction of sp³-hybridized carbons (Fsp3) is 0.700. The third-order valence-corrected chi connectivity index (χ3v) is 4.99. The quantitative estimate of drug-likeness (QED) is 0.626. The molecule has 0 aliphatic rings. The molecule has 1 aromatic rings. The molecular formula is C10H20N4O4S2. The van der Waals surface area contributed by atoms with Crippen LogP contribution in [0, 0.1) is 0 Å². The van der Waals surface area contributed by atoms with Crippen molar-refractivity contribution in [3.05, 3.63) is 6.20 Å². The van der Waals surface area contributed by atoms with Gasteiger partial charge in [-0.05, 0) is 12.8 Å². The van der Waals surface area contributed by atoms with Crippen molar-refractivity contribution >= 4 is 25.7 Å². The first kappa shape index (κ1) is 16.9. The second-order valence-corrected chi connectivity index (χ2v) is 8.52. The van der Waals surface area contributed by atoms with Gasteiger partial charge in [-0.15, -0.1) is 0 Å². The van der Waals surface area contributed by atoms with Gasteiger partial charge in [0.2, 0.25) is 10.0 Å². The highest BCUT2D eigenvalue weighted by atomic mass is 32.2. The molecule has 0 fully saturated rings. The van der Waals surface area contributed by atoms with Crippen molar-refractivity contribution in [2.24, 2.45) is 0 Å². The highest BCUT2D eigenvalue weighted by Gasteiger charge is 2.20. The lowest BCUT2D eigenvalue weighted by molar-refractivity contribution is 0.576. The zero-order valence-electron chi connectivity index (χ0n) is 11.5. The molecule has 1 rings (SSSR count). The van der Waals surface area contributed by atoms with Crippen LogP contribution in [-0.4, -0.2) is 45.2 Å². The molecule has 20 heavy (non-hydrogen) atoms. The van der Waals surface area contributed by atoms with Crippen LogP contribution >= 0.6 is 0 Å². The lowest BCUT2D eigenvalue weighted by atomic mass is 10.5. The van der Waals surface area contributed by atoms with Gasteiger partial charge in [-0.1, -0.05) is 6.92 Å². The molecular weight excluding hydrogens is 304 g/mol. The third kappa shape index (κ3) is 5.10. The zero-order chi connectivity index (χ0) is 15.4. The van der Waals surface area contributed by atoms with E-state index in [-0.39, 0.29) is 29.4 Å². The summed E-state index contributed by atoms with van der Waals surface area (Å²) in [5, 5.41) is 3.91. The normalized spacial score (nSPS) is 12.7. The number of sulfone groups is 1. The molecule has 0 aliphatic heterocycles. The van der Waals surface area contributed by atoms with Gasteiger partial charge in [0.25, 0.3) is 0 Å². The van der Waals surface area contributed by atoms with Crippen LogP contribution in [0.4, 0.5) is 5.82 Å². The van der Waals surface area contributed by atoms with Crippen LogP contribution in [0.2, 0.25) is 0 Å². The van der Waals surface area contributed by atoms with Crippen molar-refractivity contribution in [1.29, 1.82) is 0 Å². The molecule has 3 N–H and O–H groups in total. The number of nitrogen functional groups attached to an aromatic ring is 1. The Morgan fingerprint density at radius 1 is 1.35 bits per heavy atom. The van der Waals surface area contributed by atoms with Gasteiger partial charge in [0.15, 0.2) is 5.82 Å². The van der Waals surface area contributed by atoms with Gasteiger partial charge in [0.05, 0.1) is 5.75 Å². The van der Waals surface area contributed by atoms with Gasteiger partial charge in [-0.2, -0.15) is 5.10 Å². The number of anilines is 1. The predicted octanol–water partition coefficient (Wildman–Crippen LogP) is -0.412. The number of nitrogens with one attached hydrogen (secondary N) is 1. The average molecular weight is 324 g/mol. The predicted molar refractivity (Wildman–Crippen MR) is 76.4 cm³/mol. The number of hydrogen-bond donors (Lipinski definition) is 2. The number of rotatable bonds is 8. The second kappa shape index (κ2) is 6.55. The van der Waals surface area contributed by atoms with Crippen molar-refractivity contribution in [2.75, 3.05) is 24.3 Å². The highest BCUT2D eigenvalue weighted by molar-refractivity contribution is 7.90. The molecule has 0 saturated carbocycles. The number of aromatic nitrogens is 2. The Labute approximate surface area is 119 Å². The summed E-state index contributed by atoms with van der Waals surface area (Å²) in [6.07, 6.45) is 3.50. The Balaban J connectivity index is 2.69. The summed E-state index contributed by atoms with van der Waals surface area (Å²) in [6.45, 7) is 2.55. The minimum Gasteiger partial charge on any atom is -0.381 e. The number of aryl methyl sites for hydroxylation is 1. The van der Waals surface area contributed by atoms with Crippen LogP contribution in [0.3, 0.4) is 0 Å². The van der Waals surface area contributed by atoms with Crippen LogP contribution < -0.4 is 10.5 Å². The topological polar surface area (TPSA) is 124 Å². The van der Waals surface area contributed by atoms with E-state index in [1.54, 1.807) is 0 Å². The van der Waals surface area contributed by atoms with E-state index in [0.29, 0.717) is 6.54 Å². The van der Waals surface area contributed by atoms with Crippen LogP contribution in [0.25, 0.3) is 0 Å². The maximum absolute atomic E-state index is 12.0. The van der Waals surface area contributed by atoms with Crippen molar-refractivity contribution in [1.82, 2.24) is 14.5 Å². The minimum absolute atomic E-state index is 0.0355. The van der Waals surface area contributed by atoms with E-state index < -0.39 is 19.9 Å². The Morgan fingerprint density at radius 2 is 2.00 bits per heavy atom. The number of nitrogens with two attached hydrogens (primary N) is 1. The van der Waals surface area contributed by atoms with E-state index in [1.807, 2.05) is 6.92 Å². The van der Waals surface area contributed by atoms with E-state index in [9.17, 15) is 16.8 Å². The highest BCUT2D eigenvalue weighted by Crippen LogP contribution is 2.16. The summed E-state index contributed by atoms with van der Waals surface area (Å²) in [4.78, 5) is -0.0784. The molecule has 0 bridgehead atoms. The van der Waals surface area contributed by atoms with Crippen LogP contribution in [-0.2, 0) is 26.4 Å². The first-order valence-corrected chi connectivity index (χ1v) is 9.70. The fourth-order valence-electron chi connectivity index (χ4n) is 1.59. The summed E-state index contributed by atoms with van der Waals surface area (Å²) in [7, 11) is -6.85. The summed E-state index contributed by atoms with van der Waals surface area (Å²) in [5.41, 5.74) is 5.58. The molecule has 0 amide bonds. The average Bonchev–Trinajstić information content (AvgIpc) is 2.66. The van der Waals surface area contributed by atoms with E-state index in [1.165, 1.54) is 10.9 Å². The Morgan fingerprint density at radius 3 is 2.55 bits per heavy atom. The monoisotopic (exact) mass is 324 g/mol. The van der Waals surface area contributed by atoms with Crippen molar-refractivity contribution in [2.45, 2.75) is 31.2 Å². The van der Waals surface area contributed by atoms with Gasteiger partial charge in [0.1, 0.15) is 14.7 Å². The summed E-state index contributed by atoms with van der Waals surface area (Å²) in [6, 6.07) is 0. The maximum Gasteiger partial charge on any atom is 0.245 e. The molecule has 1 aromatic heterocycles. The van der Waals surface area contributed by atoms with Gasteiger partial charge < -0.3 is 5.73 Å². The van der Waals surface area contributed by atoms with Gasteiger partial charge in [-0.25, -0.2) is 21.6 Å². The lowest BCUT2D eigenvalue weighted by Crippen LogP contribution is -2.26.